The number of hydrogen-bond donors (Lipinski definition) is 0. The molecule has 2 atom stereocenters. The Bertz CT molecular complexity index is 518. The van der Waals surface area contributed by atoms with Crippen LogP contribution in [-0.4, -0.2) is 60.2 Å². The summed E-state index contributed by atoms with van der Waals surface area (Å²) >= 11 is 0. The van der Waals surface area contributed by atoms with Gasteiger partial charge >= 0.3 is 0 Å². The number of carbonyl (C=O) groups excluding carboxylic acids is 1. The quantitative estimate of drug-likeness (QED) is 0.809. The van der Waals surface area contributed by atoms with Crippen molar-refractivity contribution in [1.29, 1.82) is 0 Å². The summed E-state index contributed by atoms with van der Waals surface area (Å²) in [4.78, 5) is 25.6. The van der Waals surface area contributed by atoms with Crippen LogP contribution in [0.2, 0.25) is 0 Å². The predicted octanol–water partition coefficient (Wildman–Crippen LogP) is 0.798. The Hall–Kier alpha value is -1.69. The number of carbonyl (C=O) groups is 1. The number of anilines is 1. The van der Waals surface area contributed by atoms with Gasteiger partial charge in [-0.25, -0.2) is 9.97 Å². The van der Waals surface area contributed by atoms with E-state index < -0.39 is 0 Å². The van der Waals surface area contributed by atoms with Gasteiger partial charge < -0.3 is 14.5 Å². The molecule has 2 unspecified atom stereocenters. The van der Waals surface area contributed by atoms with E-state index in [1.54, 1.807) is 12.4 Å². The Morgan fingerprint density at radius 1 is 1.05 bits per heavy atom. The van der Waals surface area contributed by atoms with E-state index in [9.17, 15) is 4.79 Å². The summed E-state index contributed by atoms with van der Waals surface area (Å²) in [6, 6.07) is 1.84. The highest BCUT2D eigenvalue weighted by Gasteiger charge is 2.43. The second kappa shape index (κ2) is 5.83. The molecule has 6 heteroatoms. The maximum atomic E-state index is 12.6. The van der Waals surface area contributed by atoms with Gasteiger partial charge in [-0.15, -0.1) is 0 Å². The number of fused-ring (bicyclic) bond motifs is 1. The van der Waals surface area contributed by atoms with Crippen molar-refractivity contribution in [3.05, 3.63) is 18.5 Å². The fraction of sp³-hybridized carbons (Fsp3) is 0.688. The van der Waals surface area contributed by atoms with Crippen molar-refractivity contribution in [2.45, 2.75) is 12.8 Å². The van der Waals surface area contributed by atoms with Crippen molar-refractivity contribution in [1.82, 2.24) is 14.9 Å². The van der Waals surface area contributed by atoms with Crippen molar-refractivity contribution in [2.24, 2.45) is 17.8 Å². The molecule has 22 heavy (non-hydrogen) atoms. The monoisotopic (exact) mass is 302 g/mol. The van der Waals surface area contributed by atoms with E-state index in [1.165, 1.54) is 0 Å². The number of nitrogens with zero attached hydrogens (tertiary/aromatic N) is 4. The molecule has 1 aromatic rings. The molecule has 3 saturated heterocycles. The molecule has 4 heterocycles. The highest BCUT2D eigenvalue weighted by atomic mass is 16.5. The van der Waals surface area contributed by atoms with Crippen LogP contribution in [0.15, 0.2) is 18.5 Å². The maximum Gasteiger partial charge on any atom is 0.225 e. The summed E-state index contributed by atoms with van der Waals surface area (Å²) in [5, 5.41) is 0. The number of rotatable bonds is 2. The normalized spacial score (nSPS) is 28.9. The molecule has 0 bridgehead atoms. The first-order chi connectivity index (χ1) is 10.8. The van der Waals surface area contributed by atoms with Gasteiger partial charge in [0.2, 0.25) is 11.9 Å². The van der Waals surface area contributed by atoms with Crippen molar-refractivity contribution < 1.29 is 9.53 Å². The summed E-state index contributed by atoms with van der Waals surface area (Å²) in [5.41, 5.74) is 0. The van der Waals surface area contributed by atoms with E-state index in [0.29, 0.717) is 17.7 Å². The lowest BCUT2D eigenvalue weighted by Gasteiger charge is -2.27. The lowest BCUT2D eigenvalue weighted by atomic mass is 9.99. The molecule has 3 fully saturated rings. The average Bonchev–Trinajstić information content (AvgIpc) is 3.15. The smallest absolute Gasteiger partial charge is 0.225 e. The first-order valence-corrected chi connectivity index (χ1v) is 8.20. The third-order valence-corrected chi connectivity index (χ3v) is 5.20. The summed E-state index contributed by atoms with van der Waals surface area (Å²) in [7, 11) is 0. The average molecular weight is 302 g/mol. The zero-order valence-corrected chi connectivity index (χ0v) is 12.7. The van der Waals surface area contributed by atoms with Gasteiger partial charge in [-0.05, 0) is 18.9 Å². The van der Waals surface area contributed by atoms with Crippen molar-refractivity contribution in [3.8, 4) is 0 Å². The molecule has 3 aliphatic heterocycles. The topological polar surface area (TPSA) is 58.6 Å². The Morgan fingerprint density at radius 2 is 1.68 bits per heavy atom. The number of aromatic nitrogens is 2. The van der Waals surface area contributed by atoms with Crippen LogP contribution in [0.5, 0.6) is 0 Å². The van der Waals surface area contributed by atoms with E-state index in [0.717, 1.165) is 58.2 Å². The predicted molar refractivity (Wildman–Crippen MR) is 81.3 cm³/mol. The van der Waals surface area contributed by atoms with Gasteiger partial charge in [-0.3, -0.25) is 4.79 Å². The number of amides is 1. The minimum atomic E-state index is 0.182. The molecular weight excluding hydrogens is 280 g/mol. The molecule has 118 valence electrons. The van der Waals surface area contributed by atoms with Crippen LogP contribution in [-0.2, 0) is 9.53 Å². The van der Waals surface area contributed by atoms with Crippen LogP contribution < -0.4 is 4.90 Å². The fourth-order valence-electron chi connectivity index (χ4n) is 3.99. The highest BCUT2D eigenvalue weighted by Crippen LogP contribution is 2.34. The third kappa shape index (κ3) is 2.56. The molecule has 1 amide bonds. The highest BCUT2D eigenvalue weighted by molar-refractivity contribution is 5.79. The van der Waals surface area contributed by atoms with Crippen LogP contribution in [0.3, 0.4) is 0 Å². The van der Waals surface area contributed by atoms with Crippen LogP contribution in [0.4, 0.5) is 5.95 Å². The Morgan fingerprint density at radius 3 is 2.32 bits per heavy atom. The molecule has 1 aromatic heterocycles. The second-order valence-corrected chi connectivity index (χ2v) is 6.60. The van der Waals surface area contributed by atoms with Gasteiger partial charge in [0.1, 0.15) is 0 Å². The number of ether oxygens (including phenoxy) is 1. The molecule has 0 saturated carbocycles. The fourth-order valence-corrected chi connectivity index (χ4v) is 3.99. The second-order valence-electron chi connectivity index (χ2n) is 6.60. The number of hydrogen-bond acceptors (Lipinski definition) is 5. The lowest BCUT2D eigenvalue weighted by Crippen LogP contribution is -2.39. The SMILES string of the molecule is O=C(C1CCOCC1)N1CC2CN(c3ncccn3)CC2C1. The first-order valence-electron chi connectivity index (χ1n) is 8.20. The van der Waals surface area contributed by atoms with Crippen molar-refractivity contribution in [2.75, 3.05) is 44.3 Å². The van der Waals surface area contributed by atoms with Gasteiger partial charge in [-0.2, -0.15) is 0 Å². The minimum absolute atomic E-state index is 0.182. The maximum absolute atomic E-state index is 12.6. The molecular formula is C16H22N4O2. The molecule has 6 nitrogen and oxygen atoms in total. The van der Waals surface area contributed by atoms with Crippen molar-refractivity contribution in [3.63, 3.8) is 0 Å². The van der Waals surface area contributed by atoms with Crippen LogP contribution >= 0.6 is 0 Å². The molecule has 0 aliphatic carbocycles. The van der Waals surface area contributed by atoms with E-state index >= 15 is 0 Å². The zero-order valence-electron chi connectivity index (χ0n) is 12.7. The zero-order chi connectivity index (χ0) is 14.9. The van der Waals surface area contributed by atoms with Crippen molar-refractivity contribution >= 4 is 11.9 Å². The Kier molecular flexibility index (Phi) is 3.70. The van der Waals surface area contributed by atoms with E-state index in [2.05, 4.69) is 19.8 Å². The molecule has 3 aliphatic rings. The summed E-state index contributed by atoms with van der Waals surface area (Å²) < 4.78 is 5.36. The van der Waals surface area contributed by atoms with Crippen LogP contribution in [0, 0.1) is 17.8 Å². The van der Waals surface area contributed by atoms with Crippen LogP contribution in [0.1, 0.15) is 12.8 Å². The third-order valence-electron chi connectivity index (χ3n) is 5.20. The lowest BCUT2D eigenvalue weighted by molar-refractivity contribution is -0.137. The van der Waals surface area contributed by atoms with Gasteiger partial charge in [-0.1, -0.05) is 0 Å². The minimum Gasteiger partial charge on any atom is -0.381 e. The number of likely N-dealkylation sites (tertiary alicyclic amines) is 1. The van der Waals surface area contributed by atoms with E-state index in [-0.39, 0.29) is 5.92 Å². The van der Waals surface area contributed by atoms with E-state index in [4.69, 9.17) is 4.74 Å². The van der Waals surface area contributed by atoms with Gasteiger partial charge in [0.25, 0.3) is 0 Å². The van der Waals surface area contributed by atoms with Gasteiger partial charge in [0, 0.05) is 69.5 Å². The first kappa shape index (κ1) is 13.9. The Balaban J connectivity index is 1.36. The Labute approximate surface area is 130 Å². The molecule has 0 radical (unpaired) electrons. The summed E-state index contributed by atoms with van der Waals surface area (Å²) in [6.45, 7) is 5.18. The molecule has 4 rings (SSSR count). The molecule has 0 spiro atoms. The summed E-state index contributed by atoms with van der Waals surface area (Å²) in [6.07, 6.45) is 5.35. The largest absolute Gasteiger partial charge is 0.381 e. The van der Waals surface area contributed by atoms with Crippen LogP contribution in [0.25, 0.3) is 0 Å². The molecule has 0 N–H and O–H groups in total. The summed E-state index contributed by atoms with van der Waals surface area (Å²) in [5.74, 6) is 2.47. The standard InChI is InChI=1S/C16H22N4O2/c21-15(12-2-6-22-7-3-12)19-8-13-10-20(11-14(13)9-19)16-17-4-1-5-18-16/h1,4-5,12-14H,2-3,6-11H2. The molecule has 0 aromatic carbocycles. The van der Waals surface area contributed by atoms with Gasteiger partial charge in [0.05, 0.1) is 0 Å². The van der Waals surface area contributed by atoms with E-state index in [1.807, 2.05) is 6.07 Å². The van der Waals surface area contributed by atoms with Gasteiger partial charge in [0.15, 0.2) is 0 Å².